The summed E-state index contributed by atoms with van der Waals surface area (Å²) in [5.74, 6) is 0. The molecular weight excluding hydrogens is 174 g/mol. The molecule has 2 heterocycles. The molecule has 1 unspecified atom stereocenters. The van der Waals surface area contributed by atoms with Crippen LogP contribution in [0.5, 0.6) is 0 Å². The molecule has 1 aromatic heterocycles. The zero-order valence-electron chi connectivity index (χ0n) is 8.61. The summed E-state index contributed by atoms with van der Waals surface area (Å²) in [5.41, 5.74) is 8.12. The molecule has 1 fully saturated rings. The first kappa shape index (κ1) is 9.46. The average Bonchev–Trinajstić information content (AvgIpc) is 2.64. The normalized spacial score (nSPS) is 21.6. The maximum absolute atomic E-state index is 5.70. The van der Waals surface area contributed by atoms with Crippen LogP contribution in [-0.2, 0) is 6.54 Å². The first-order valence-electron chi connectivity index (χ1n) is 5.22. The maximum atomic E-state index is 5.70. The molecule has 0 spiro atoms. The van der Waals surface area contributed by atoms with Gasteiger partial charge < -0.3 is 10.6 Å². The molecule has 76 valence electrons. The van der Waals surface area contributed by atoms with Crippen molar-refractivity contribution in [3.05, 3.63) is 24.0 Å². The van der Waals surface area contributed by atoms with E-state index in [9.17, 15) is 0 Å². The zero-order chi connectivity index (χ0) is 9.97. The van der Waals surface area contributed by atoms with Crippen molar-refractivity contribution in [2.45, 2.75) is 32.4 Å². The fourth-order valence-corrected chi connectivity index (χ4v) is 2.15. The lowest BCUT2D eigenvalue weighted by Gasteiger charge is -2.25. The number of nitrogens with zero attached hydrogens (tertiary/aromatic N) is 2. The van der Waals surface area contributed by atoms with Gasteiger partial charge in [0.05, 0.1) is 0 Å². The fourth-order valence-electron chi connectivity index (χ4n) is 2.15. The third-order valence-corrected chi connectivity index (χ3v) is 2.96. The molecule has 3 heteroatoms. The molecular formula is C11H17N3. The van der Waals surface area contributed by atoms with Gasteiger partial charge in [-0.3, -0.25) is 4.98 Å². The highest BCUT2D eigenvalue weighted by Crippen LogP contribution is 2.27. The summed E-state index contributed by atoms with van der Waals surface area (Å²) >= 11 is 0. The number of hydrogen-bond acceptors (Lipinski definition) is 3. The molecule has 0 radical (unpaired) electrons. The van der Waals surface area contributed by atoms with Crippen LogP contribution in [0, 0.1) is 0 Å². The molecule has 14 heavy (non-hydrogen) atoms. The lowest BCUT2D eigenvalue weighted by atomic mass is 10.2. The van der Waals surface area contributed by atoms with Crippen molar-refractivity contribution in [1.82, 2.24) is 4.98 Å². The summed E-state index contributed by atoms with van der Waals surface area (Å²) in [5, 5.41) is 0. The molecule has 1 aliphatic heterocycles. The second-order valence-electron chi connectivity index (χ2n) is 3.89. The Kier molecular flexibility index (Phi) is 2.68. The van der Waals surface area contributed by atoms with E-state index in [1.807, 2.05) is 12.4 Å². The molecule has 0 bridgehead atoms. The summed E-state index contributed by atoms with van der Waals surface area (Å²) in [6, 6.07) is 2.71. The van der Waals surface area contributed by atoms with Crippen LogP contribution in [-0.4, -0.2) is 17.6 Å². The van der Waals surface area contributed by atoms with Gasteiger partial charge in [-0.25, -0.2) is 0 Å². The lowest BCUT2D eigenvalue weighted by molar-refractivity contribution is 0.731. The van der Waals surface area contributed by atoms with E-state index in [1.54, 1.807) is 0 Å². The molecule has 3 nitrogen and oxygen atoms in total. The van der Waals surface area contributed by atoms with Gasteiger partial charge in [-0.1, -0.05) is 0 Å². The van der Waals surface area contributed by atoms with Gasteiger partial charge in [0.2, 0.25) is 0 Å². The second-order valence-corrected chi connectivity index (χ2v) is 3.89. The van der Waals surface area contributed by atoms with Gasteiger partial charge in [0.1, 0.15) is 0 Å². The number of hydrogen-bond donors (Lipinski definition) is 1. The van der Waals surface area contributed by atoms with E-state index in [2.05, 4.69) is 22.9 Å². The van der Waals surface area contributed by atoms with Crippen molar-refractivity contribution in [3.63, 3.8) is 0 Å². The van der Waals surface area contributed by atoms with Gasteiger partial charge in [-0.05, 0) is 25.8 Å². The predicted molar refractivity (Wildman–Crippen MR) is 58.2 cm³/mol. The van der Waals surface area contributed by atoms with E-state index in [4.69, 9.17) is 5.73 Å². The van der Waals surface area contributed by atoms with Crippen molar-refractivity contribution in [2.75, 3.05) is 11.4 Å². The molecule has 1 aliphatic rings. The van der Waals surface area contributed by atoms with Crippen LogP contribution in [0.4, 0.5) is 5.69 Å². The van der Waals surface area contributed by atoms with Crippen LogP contribution < -0.4 is 10.6 Å². The smallest absolute Gasteiger partial charge is 0.0445 e. The van der Waals surface area contributed by atoms with E-state index < -0.39 is 0 Å². The van der Waals surface area contributed by atoms with Gasteiger partial charge >= 0.3 is 0 Å². The Morgan fingerprint density at radius 3 is 3.14 bits per heavy atom. The average molecular weight is 191 g/mol. The van der Waals surface area contributed by atoms with Crippen LogP contribution >= 0.6 is 0 Å². The van der Waals surface area contributed by atoms with Gasteiger partial charge in [0, 0.05) is 42.8 Å². The summed E-state index contributed by atoms with van der Waals surface area (Å²) in [6.07, 6.45) is 6.29. The number of nitrogens with two attached hydrogens (primary N) is 1. The Hall–Kier alpha value is -1.09. The van der Waals surface area contributed by atoms with Crippen LogP contribution in [0.25, 0.3) is 0 Å². The lowest BCUT2D eigenvalue weighted by Crippen LogP contribution is -2.27. The number of aromatic nitrogens is 1. The maximum Gasteiger partial charge on any atom is 0.0445 e. The van der Waals surface area contributed by atoms with Crippen molar-refractivity contribution in [1.29, 1.82) is 0 Å². The van der Waals surface area contributed by atoms with Crippen molar-refractivity contribution < 1.29 is 0 Å². The fraction of sp³-hybridized carbons (Fsp3) is 0.545. The van der Waals surface area contributed by atoms with Gasteiger partial charge in [-0.15, -0.1) is 0 Å². The summed E-state index contributed by atoms with van der Waals surface area (Å²) in [7, 11) is 0. The molecule has 0 aliphatic carbocycles. The summed E-state index contributed by atoms with van der Waals surface area (Å²) in [4.78, 5) is 6.54. The van der Waals surface area contributed by atoms with E-state index in [0.717, 1.165) is 12.1 Å². The highest BCUT2D eigenvalue weighted by molar-refractivity contribution is 5.53. The molecule has 0 saturated carbocycles. The third-order valence-electron chi connectivity index (χ3n) is 2.96. The van der Waals surface area contributed by atoms with Crippen LogP contribution in [0.1, 0.15) is 25.3 Å². The number of rotatable bonds is 2. The minimum absolute atomic E-state index is 0.576. The summed E-state index contributed by atoms with van der Waals surface area (Å²) < 4.78 is 0. The molecule has 1 aromatic rings. The van der Waals surface area contributed by atoms with E-state index >= 15 is 0 Å². The standard InChI is InChI=1S/C11H17N3/c1-9-3-2-6-14(9)11-4-5-13-8-10(11)7-12/h4-5,8-9H,2-3,6-7,12H2,1H3. The van der Waals surface area contributed by atoms with E-state index in [-0.39, 0.29) is 0 Å². The van der Waals surface area contributed by atoms with Crippen molar-refractivity contribution in [3.8, 4) is 0 Å². The topological polar surface area (TPSA) is 42.2 Å². The molecule has 1 atom stereocenters. The molecule has 2 N–H and O–H groups in total. The minimum atomic E-state index is 0.576. The molecule has 2 rings (SSSR count). The number of pyridine rings is 1. The Bertz CT molecular complexity index is 311. The number of anilines is 1. The van der Waals surface area contributed by atoms with E-state index in [1.165, 1.54) is 18.5 Å². The molecule has 0 amide bonds. The van der Waals surface area contributed by atoms with Crippen LogP contribution in [0.3, 0.4) is 0 Å². The Balaban J connectivity index is 2.30. The first-order valence-corrected chi connectivity index (χ1v) is 5.22. The van der Waals surface area contributed by atoms with E-state index in [0.29, 0.717) is 12.6 Å². The first-order chi connectivity index (χ1) is 6.83. The van der Waals surface area contributed by atoms with Crippen LogP contribution in [0.15, 0.2) is 18.5 Å². The quantitative estimate of drug-likeness (QED) is 0.770. The highest BCUT2D eigenvalue weighted by atomic mass is 15.2. The molecule has 0 aromatic carbocycles. The SMILES string of the molecule is CC1CCCN1c1ccncc1CN. The monoisotopic (exact) mass is 191 g/mol. The molecule has 1 saturated heterocycles. The highest BCUT2D eigenvalue weighted by Gasteiger charge is 2.21. The van der Waals surface area contributed by atoms with Crippen molar-refractivity contribution in [2.24, 2.45) is 5.73 Å². The second kappa shape index (κ2) is 3.96. The Morgan fingerprint density at radius 2 is 2.50 bits per heavy atom. The Labute approximate surface area is 84.9 Å². The summed E-state index contributed by atoms with van der Waals surface area (Å²) in [6.45, 7) is 4.00. The van der Waals surface area contributed by atoms with Gasteiger partial charge in [0.15, 0.2) is 0 Å². The minimum Gasteiger partial charge on any atom is -0.368 e. The van der Waals surface area contributed by atoms with Gasteiger partial charge in [-0.2, -0.15) is 0 Å². The third kappa shape index (κ3) is 1.60. The van der Waals surface area contributed by atoms with Crippen molar-refractivity contribution >= 4 is 5.69 Å². The van der Waals surface area contributed by atoms with Crippen LogP contribution in [0.2, 0.25) is 0 Å². The zero-order valence-corrected chi connectivity index (χ0v) is 8.61. The van der Waals surface area contributed by atoms with Gasteiger partial charge in [0.25, 0.3) is 0 Å². The Morgan fingerprint density at radius 1 is 1.64 bits per heavy atom. The largest absolute Gasteiger partial charge is 0.368 e. The predicted octanol–water partition coefficient (Wildman–Crippen LogP) is 1.53.